The van der Waals surface area contributed by atoms with Crippen molar-refractivity contribution in [2.75, 3.05) is 31.1 Å². The highest BCUT2D eigenvalue weighted by Crippen LogP contribution is 2.42. The van der Waals surface area contributed by atoms with Crippen LogP contribution in [0.15, 0.2) is 22.8 Å². The number of hydrogen-bond donors (Lipinski definition) is 1. The van der Waals surface area contributed by atoms with E-state index < -0.39 is 0 Å². The molecule has 0 aromatic carbocycles. The topological polar surface area (TPSA) is 32.6 Å². The fourth-order valence-electron chi connectivity index (χ4n) is 2.86. The summed E-state index contributed by atoms with van der Waals surface area (Å²) in [5.41, 5.74) is 1.19. The number of fused-ring (bicyclic) bond motifs is 1. The number of rotatable bonds is 2. The number of hydrogen-bond acceptors (Lipinski definition) is 3. The molecule has 0 atom stereocenters. The van der Waals surface area contributed by atoms with Crippen molar-refractivity contribution in [1.82, 2.24) is 14.7 Å². The Bertz CT molecular complexity index is 611. The number of aromatic nitrogens is 2. The van der Waals surface area contributed by atoms with Gasteiger partial charge in [-0.3, -0.25) is 4.40 Å². The summed E-state index contributed by atoms with van der Waals surface area (Å²) in [6, 6.07) is 6.50. The second kappa shape index (κ2) is 4.49. The van der Waals surface area contributed by atoms with Crippen molar-refractivity contribution in [3.05, 3.63) is 28.6 Å². The van der Waals surface area contributed by atoms with Crippen LogP contribution in [0.25, 0.3) is 5.52 Å². The molecule has 1 saturated carbocycles. The Morgan fingerprint density at radius 2 is 2.00 bits per heavy atom. The molecular weight excluding hydrogens is 304 g/mol. The van der Waals surface area contributed by atoms with Gasteiger partial charge in [0.05, 0.1) is 5.52 Å². The van der Waals surface area contributed by atoms with E-state index in [1.165, 1.54) is 30.0 Å². The largest absolute Gasteiger partial charge is 0.355 e. The summed E-state index contributed by atoms with van der Waals surface area (Å²) in [6.45, 7) is 4.26. The molecule has 1 aliphatic carbocycles. The van der Waals surface area contributed by atoms with Crippen LogP contribution in [0, 0.1) is 0 Å². The molecule has 2 aliphatic rings. The lowest BCUT2D eigenvalue weighted by Crippen LogP contribution is -2.44. The third-order valence-corrected chi connectivity index (χ3v) is 4.59. The molecule has 4 nitrogen and oxygen atoms in total. The molecule has 0 amide bonds. The van der Waals surface area contributed by atoms with E-state index in [0.29, 0.717) is 5.92 Å². The van der Waals surface area contributed by atoms with Crippen molar-refractivity contribution in [2.45, 2.75) is 18.8 Å². The number of anilines is 1. The number of nitrogens with zero attached hydrogens (tertiary/aromatic N) is 3. The van der Waals surface area contributed by atoms with Crippen LogP contribution >= 0.6 is 15.9 Å². The van der Waals surface area contributed by atoms with E-state index in [4.69, 9.17) is 4.98 Å². The number of piperazine rings is 1. The van der Waals surface area contributed by atoms with Gasteiger partial charge in [-0.05, 0) is 40.9 Å². The SMILES string of the molecule is Brc1nc(C2CC2)n2c(N3CCNCC3)cccc12. The van der Waals surface area contributed by atoms with E-state index in [2.05, 4.69) is 48.7 Å². The second-order valence-corrected chi connectivity index (χ2v) is 6.13. The van der Waals surface area contributed by atoms with E-state index in [-0.39, 0.29) is 0 Å². The quantitative estimate of drug-likeness (QED) is 0.922. The Hall–Kier alpha value is -1.07. The molecule has 1 N–H and O–H groups in total. The van der Waals surface area contributed by atoms with Gasteiger partial charge in [0, 0.05) is 32.1 Å². The molecule has 0 unspecified atom stereocenters. The molecule has 1 aliphatic heterocycles. The number of nitrogens with one attached hydrogen (secondary N) is 1. The van der Waals surface area contributed by atoms with Gasteiger partial charge in [-0.2, -0.15) is 0 Å². The van der Waals surface area contributed by atoms with Gasteiger partial charge >= 0.3 is 0 Å². The monoisotopic (exact) mass is 320 g/mol. The Balaban J connectivity index is 1.88. The zero-order chi connectivity index (χ0) is 12.8. The van der Waals surface area contributed by atoms with E-state index in [1.54, 1.807) is 0 Å². The second-order valence-electron chi connectivity index (χ2n) is 5.38. The van der Waals surface area contributed by atoms with Gasteiger partial charge in [-0.15, -0.1) is 0 Å². The minimum Gasteiger partial charge on any atom is -0.355 e. The molecule has 100 valence electrons. The van der Waals surface area contributed by atoms with Crippen LogP contribution in [0.4, 0.5) is 5.82 Å². The first kappa shape index (κ1) is 11.7. The van der Waals surface area contributed by atoms with E-state index in [0.717, 1.165) is 30.8 Å². The van der Waals surface area contributed by atoms with Crippen LogP contribution in [0.2, 0.25) is 0 Å². The highest BCUT2D eigenvalue weighted by atomic mass is 79.9. The summed E-state index contributed by atoms with van der Waals surface area (Å²) in [5.74, 6) is 3.18. The molecule has 0 bridgehead atoms. The van der Waals surface area contributed by atoms with Gasteiger partial charge in [0.15, 0.2) is 0 Å². The first-order chi connectivity index (χ1) is 9.34. The first-order valence-electron chi connectivity index (χ1n) is 6.97. The van der Waals surface area contributed by atoms with Gasteiger partial charge < -0.3 is 10.2 Å². The van der Waals surface area contributed by atoms with Crippen molar-refractivity contribution in [3.8, 4) is 0 Å². The number of halogens is 1. The molecule has 0 spiro atoms. The summed E-state index contributed by atoms with van der Waals surface area (Å²) in [4.78, 5) is 7.21. The molecule has 2 fully saturated rings. The van der Waals surface area contributed by atoms with Crippen molar-refractivity contribution in [1.29, 1.82) is 0 Å². The van der Waals surface area contributed by atoms with Gasteiger partial charge in [0.1, 0.15) is 16.2 Å². The highest BCUT2D eigenvalue weighted by Gasteiger charge is 2.30. The normalized spacial score (nSPS) is 20.2. The molecule has 3 heterocycles. The maximum absolute atomic E-state index is 4.74. The maximum atomic E-state index is 4.74. The number of pyridine rings is 1. The summed E-state index contributed by atoms with van der Waals surface area (Å²) in [6.07, 6.45) is 2.56. The standard InChI is InChI=1S/C14H17BrN4/c15-13-11-2-1-3-12(18-8-6-16-7-9-18)19(11)14(17-13)10-4-5-10/h1-3,10,16H,4-9H2. The zero-order valence-electron chi connectivity index (χ0n) is 10.8. The Labute approximate surface area is 120 Å². The van der Waals surface area contributed by atoms with Crippen LogP contribution in [-0.2, 0) is 0 Å². The van der Waals surface area contributed by atoms with Crippen molar-refractivity contribution in [3.63, 3.8) is 0 Å². The highest BCUT2D eigenvalue weighted by molar-refractivity contribution is 9.10. The number of imidazole rings is 1. The van der Waals surface area contributed by atoms with E-state index >= 15 is 0 Å². The first-order valence-corrected chi connectivity index (χ1v) is 7.76. The third-order valence-electron chi connectivity index (χ3n) is 4.01. The fourth-order valence-corrected chi connectivity index (χ4v) is 3.35. The minimum absolute atomic E-state index is 0.655. The Morgan fingerprint density at radius 3 is 2.74 bits per heavy atom. The maximum Gasteiger partial charge on any atom is 0.132 e. The van der Waals surface area contributed by atoms with Crippen LogP contribution in [-0.4, -0.2) is 35.6 Å². The molecule has 5 heteroatoms. The molecule has 2 aromatic rings. The summed E-state index contributed by atoms with van der Waals surface area (Å²) in [5, 5.41) is 3.41. The Morgan fingerprint density at radius 1 is 1.21 bits per heavy atom. The lowest BCUT2D eigenvalue weighted by Gasteiger charge is -2.30. The third kappa shape index (κ3) is 1.96. The van der Waals surface area contributed by atoms with Crippen LogP contribution < -0.4 is 10.2 Å². The zero-order valence-corrected chi connectivity index (χ0v) is 12.4. The molecule has 19 heavy (non-hydrogen) atoms. The van der Waals surface area contributed by atoms with E-state index in [1.807, 2.05) is 0 Å². The van der Waals surface area contributed by atoms with Gasteiger partial charge in [-0.25, -0.2) is 4.98 Å². The predicted molar refractivity (Wildman–Crippen MR) is 79.9 cm³/mol. The Kier molecular flexibility index (Phi) is 2.77. The van der Waals surface area contributed by atoms with Crippen LogP contribution in [0.1, 0.15) is 24.6 Å². The van der Waals surface area contributed by atoms with Crippen molar-refractivity contribution >= 4 is 27.3 Å². The molecule has 2 aromatic heterocycles. The van der Waals surface area contributed by atoms with Gasteiger partial charge in [0.2, 0.25) is 0 Å². The average Bonchev–Trinajstić information content (AvgIpc) is 3.25. The van der Waals surface area contributed by atoms with Crippen molar-refractivity contribution in [2.24, 2.45) is 0 Å². The molecule has 4 rings (SSSR count). The fraction of sp³-hybridized carbons (Fsp3) is 0.500. The predicted octanol–water partition coefficient (Wildman–Crippen LogP) is 2.38. The van der Waals surface area contributed by atoms with Crippen LogP contribution in [0.5, 0.6) is 0 Å². The molecular formula is C14H17BrN4. The van der Waals surface area contributed by atoms with Crippen molar-refractivity contribution < 1.29 is 0 Å². The average molecular weight is 321 g/mol. The molecule has 1 saturated heterocycles. The lowest BCUT2D eigenvalue weighted by atomic mass is 10.3. The van der Waals surface area contributed by atoms with E-state index in [9.17, 15) is 0 Å². The summed E-state index contributed by atoms with van der Waals surface area (Å²) >= 11 is 3.61. The minimum atomic E-state index is 0.655. The molecule has 0 radical (unpaired) electrons. The van der Waals surface area contributed by atoms with Gasteiger partial charge in [0.25, 0.3) is 0 Å². The smallest absolute Gasteiger partial charge is 0.132 e. The summed E-state index contributed by atoms with van der Waals surface area (Å²) < 4.78 is 3.33. The lowest BCUT2D eigenvalue weighted by molar-refractivity contribution is 0.582. The van der Waals surface area contributed by atoms with Crippen LogP contribution in [0.3, 0.4) is 0 Å². The summed E-state index contributed by atoms with van der Waals surface area (Å²) in [7, 11) is 0. The van der Waals surface area contributed by atoms with Gasteiger partial charge in [-0.1, -0.05) is 6.07 Å².